The number of nitrogens with one attached hydrogen (secondary N) is 1. The molecule has 0 aliphatic rings. The van der Waals surface area contributed by atoms with E-state index in [1.165, 1.54) is 11.8 Å². The fourth-order valence-electron chi connectivity index (χ4n) is 1.29. The van der Waals surface area contributed by atoms with Gasteiger partial charge in [-0.25, -0.2) is 0 Å². The molecule has 0 saturated heterocycles. The van der Waals surface area contributed by atoms with Crippen molar-refractivity contribution in [2.75, 3.05) is 13.1 Å². The predicted octanol–water partition coefficient (Wildman–Crippen LogP) is 0.930. The molecule has 92 valence electrons. The average Bonchev–Trinajstić information content (AvgIpc) is 2.78. The molecule has 1 N–H and O–H groups in total. The third-order valence-electron chi connectivity index (χ3n) is 2.17. The zero-order valence-electron chi connectivity index (χ0n) is 9.81. The Morgan fingerprint density at radius 1 is 1.59 bits per heavy atom. The first kappa shape index (κ1) is 13.0. The summed E-state index contributed by atoms with van der Waals surface area (Å²) in [6, 6.07) is 3.52. The van der Waals surface area contributed by atoms with Crippen molar-refractivity contribution < 1.29 is 14.0 Å². The monoisotopic (exact) mass is 236 g/mol. The van der Waals surface area contributed by atoms with E-state index in [9.17, 15) is 9.59 Å². The van der Waals surface area contributed by atoms with Crippen LogP contribution in [0.25, 0.3) is 0 Å². The highest BCUT2D eigenvalue weighted by Crippen LogP contribution is 1.98. The normalized spacial score (nSPS) is 9.71. The van der Waals surface area contributed by atoms with Crippen molar-refractivity contribution in [2.45, 2.75) is 13.5 Å². The van der Waals surface area contributed by atoms with Gasteiger partial charge in [0.25, 0.3) is 0 Å². The average molecular weight is 236 g/mol. The zero-order valence-corrected chi connectivity index (χ0v) is 9.81. The predicted molar refractivity (Wildman–Crippen MR) is 63.0 cm³/mol. The Hall–Kier alpha value is -2.04. The van der Waals surface area contributed by atoms with Gasteiger partial charge in [0.1, 0.15) is 5.76 Å². The number of hydrogen-bond acceptors (Lipinski definition) is 3. The van der Waals surface area contributed by atoms with Crippen molar-refractivity contribution in [3.8, 4) is 0 Å². The molecule has 1 rings (SSSR count). The Labute approximate surface area is 100 Å². The highest BCUT2D eigenvalue weighted by molar-refractivity contribution is 5.83. The van der Waals surface area contributed by atoms with Gasteiger partial charge >= 0.3 is 0 Å². The minimum Gasteiger partial charge on any atom is -0.467 e. The molecule has 0 aliphatic heterocycles. The van der Waals surface area contributed by atoms with Crippen molar-refractivity contribution >= 4 is 11.8 Å². The molecule has 0 spiro atoms. The van der Waals surface area contributed by atoms with Crippen LogP contribution >= 0.6 is 0 Å². The number of amides is 2. The van der Waals surface area contributed by atoms with Crippen LogP contribution in [0.15, 0.2) is 35.5 Å². The van der Waals surface area contributed by atoms with Crippen LogP contribution in [0.4, 0.5) is 0 Å². The summed E-state index contributed by atoms with van der Waals surface area (Å²) in [6.07, 6.45) is 3.13. The minimum absolute atomic E-state index is 0.0298. The fourth-order valence-corrected chi connectivity index (χ4v) is 1.29. The first-order chi connectivity index (χ1) is 8.13. The van der Waals surface area contributed by atoms with Crippen LogP contribution in [0.5, 0.6) is 0 Å². The Bertz CT molecular complexity index is 384. The first-order valence-electron chi connectivity index (χ1n) is 5.29. The van der Waals surface area contributed by atoms with Crippen LogP contribution in [0, 0.1) is 0 Å². The summed E-state index contributed by atoms with van der Waals surface area (Å²) in [5, 5.41) is 2.67. The van der Waals surface area contributed by atoms with Gasteiger partial charge in [0, 0.05) is 13.5 Å². The molecule has 0 atom stereocenters. The van der Waals surface area contributed by atoms with Crippen LogP contribution in [0.3, 0.4) is 0 Å². The molecule has 1 aromatic heterocycles. The van der Waals surface area contributed by atoms with Crippen LogP contribution < -0.4 is 5.32 Å². The number of furan rings is 1. The molecule has 0 aliphatic carbocycles. The van der Waals surface area contributed by atoms with E-state index in [0.717, 1.165) is 0 Å². The Kier molecular flexibility index (Phi) is 5.00. The van der Waals surface area contributed by atoms with E-state index in [4.69, 9.17) is 4.42 Å². The van der Waals surface area contributed by atoms with Crippen LogP contribution in [0.2, 0.25) is 0 Å². The lowest BCUT2D eigenvalue weighted by atomic mass is 10.4. The summed E-state index contributed by atoms with van der Waals surface area (Å²) in [5.74, 6) is 0.299. The number of hydrogen-bond donors (Lipinski definition) is 1. The van der Waals surface area contributed by atoms with E-state index in [1.807, 2.05) is 0 Å². The summed E-state index contributed by atoms with van der Waals surface area (Å²) >= 11 is 0. The second-order valence-corrected chi connectivity index (χ2v) is 3.54. The van der Waals surface area contributed by atoms with Crippen molar-refractivity contribution in [1.82, 2.24) is 10.2 Å². The Morgan fingerprint density at radius 3 is 2.88 bits per heavy atom. The fraction of sp³-hybridized carbons (Fsp3) is 0.333. The van der Waals surface area contributed by atoms with Crippen molar-refractivity contribution in [2.24, 2.45) is 0 Å². The largest absolute Gasteiger partial charge is 0.467 e. The smallest absolute Gasteiger partial charge is 0.240 e. The second kappa shape index (κ2) is 6.52. The summed E-state index contributed by atoms with van der Waals surface area (Å²) in [7, 11) is 0. The van der Waals surface area contributed by atoms with E-state index < -0.39 is 0 Å². The topological polar surface area (TPSA) is 62.6 Å². The zero-order chi connectivity index (χ0) is 12.7. The number of carbonyl (C=O) groups excluding carboxylic acids is 2. The number of rotatable bonds is 6. The van der Waals surface area contributed by atoms with E-state index >= 15 is 0 Å². The minimum atomic E-state index is -0.224. The highest BCUT2D eigenvalue weighted by Gasteiger charge is 2.11. The summed E-state index contributed by atoms with van der Waals surface area (Å²) in [6.45, 7) is 5.68. The van der Waals surface area contributed by atoms with Gasteiger partial charge in [-0.1, -0.05) is 6.08 Å². The molecule has 0 aromatic carbocycles. The molecule has 5 heteroatoms. The molecule has 17 heavy (non-hydrogen) atoms. The quantitative estimate of drug-likeness (QED) is 0.747. The molecule has 0 fully saturated rings. The molecular formula is C12H16N2O3. The van der Waals surface area contributed by atoms with E-state index in [-0.39, 0.29) is 18.4 Å². The molecule has 0 bridgehead atoms. The SMILES string of the molecule is C=CCN(CC(=O)NCc1ccco1)C(C)=O. The van der Waals surface area contributed by atoms with Gasteiger partial charge in [-0.15, -0.1) is 6.58 Å². The molecule has 5 nitrogen and oxygen atoms in total. The summed E-state index contributed by atoms with van der Waals surface area (Å²) in [5.41, 5.74) is 0. The van der Waals surface area contributed by atoms with Gasteiger partial charge in [0.2, 0.25) is 11.8 Å². The van der Waals surface area contributed by atoms with Crippen LogP contribution in [0.1, 0.15) is 12.7 Å². The van der Waals surface area contributed by atoms with Crippen molar-refractivity contribution in [1.29, 1.82) is 0 Å². The third kappa shape index (κ3) is 4.55. The van der Waals surface area contributed by atoms with Gasteiger partial charge < -0.3 is 14.6 Å². The lowest BCUT2D eigenvalue weighted by molar-refractivity contribution is -0.133. The molecule has 0 saturated carbocycles. The lowest BCUT2D eigenvalue weighted by Gasteiger charge is -2.18. The van der Waals surface area contributed by atoms with Crippen LogP contribution in [-0.4, -0.2) is 29.8 Å². The van der Waals surface area contributed by atoms with Gasteiger partial charge in [-0.05, 0) is 12.1 Å². The summed E-state index contributed by atoms with van der Waals surface area (Å²) in [4.78, 5) is 24.1. The van der Waals surface area contributed by atoms with E-state index in [1.54, 1.807) is 24.5 Å². The number of carbonyl (C=O) groups is 2. The maximum atomic E-state index is 11.5. The third-order valence-corrected chi connectivity index (χ3v) is 2.17. The molecule has 1 heterocycles. The molecule has 1 aromatic rings. The highest BCUT2D eigenvalue weighted by atomic mass is 16.3. The van der Waals surface area contributed by atoms with Gasteiger partial charge in [-0.3, -0.25) is 9.59 Å². The van der Waals surface area contributed by atoms with E-state index in [0.29, 0.717) is 18.8 Å². The maximum absolute atomic E-state index is 11.5. The van der Waals surface area contributed by atoms with Crippen molar-refractivity contribution in [3.63, 3.8) is 0 Å². The molecular weight excluding hydrogens is 220 g/mol. The lowest BCUT2D eigenvalue weighted by Crippen LogP contribution is -2.39. The summed E-state index contributed by atoms with van der Waals surface area (Å²) < 4.78 is 5.07. The van der Waals surface area contributed by atoms with Crippen LogP contribution in [-0.2, 0) is 16.1 Å². The molecule has 0 radical (unpaired) electrons. The molecule has 0 unspecified atom stereocenters. The van der Waals surface area contributed by atoms with Gasteiger partial charge in [0.15, 0.2) is 0 Å². The van der Waals surface area contributed by atoms with Gasteiger partial charge in [0.05, 0.1) is 19.4 Å². The Morgan fingerprint density at radius 2 is 2.35 bits per heavy atom. The number of nitrogens with zero attached hydrogens (tertiary/aromatic N) is 1. The first-order valence-corrected chi connectivity index (χ1v) is 5.29. The van der Waals surface area contributed by atoms with Gasteiger partial charge in [-0.2, -0.15) is 0 Å². The standard InChI is InChI=1S/C12H16N2O3/c1-3-6-14(10(2)15)9-12(16)13-8-11-5-4-7-17-11/h3-5,7H,1,6,8-9H2,2H3,(H,13,16). The molecule has 2 amide bonds. The maximum Gasteiger partial charge on any atom is 0.240 e. The second-order valence-electron chi connectivity index (χ2n) is 3.54. The Balaban J connectivity index is 2.37. The van der Waals surface area contributed by atoms with Crippen molar-refractivity contribution in [3.05, 3.63) is 36.8 Å². The van der Waals surface area contributed by atoms with E-state index in [2.05, 4.69) is 11.9 Å².